The molecule has 2 aromatic heterocycles. The molecule has 0 bridgehead atoms. The number of methoxy groups -OCH3 is 1. The zero-order valence-corrected chi connectivity index (χ0v) is 18.5. The summed E-state index contributed by atoms with van der Waals surface area (Å²) in [6.07, 6.45) is 6.23. The van der Waals surface area contributed by atoms with Crippen molar-refractivity contribution in [3.63, 3.8) is 0 Å². The predicted octanol–water partition coefficient (Wildman–Crippen LogP) is 3.27. The van der Waals surface area contributed by atoms with Crippen molar-refractivity contribution in [2.24, 2.45) is 0 Å². The molecule has 0 aromatic carbocycles. The summed E-state index contributed by atoms with van der Waals surface area (Å²) < 4.78 is 5.05. The van der Waals surface area contributed by atoms with E-state index in [1.807, 2.05) is 24.0 Å². The van der Waals surface area contributed by atoms with Crippen molar-refractivity contribution in [2.45, 2.75) is 45.1 Å². The van der Waals surface area contributed by atoms with Crippen LogP contribution in [0.5, 0.6) is 0 Å². The molecule has 2 aromatic rings. The van der Waals surface area contributed by atoms with Gasteiger partial charge in [0.25, 0.3) is 0 Å². The molecule has 1 unspecified atom stereocenters. The van der Waals surface area contributed by atoms with E-state index in [2.05, 4.69) is 22.9 Å². The maximum absolute atomic E-state index is 12.5. The van der Waals surface area contributed by atoms with E-state index in [1.165, 1.54) is 0 Å². The molecule has 1 saturated heterocycles. The van der Waals surface area contributed by atoms with Gasteiger partial charge in [-0.25, -0.2) is 4.98 Å². The molecule has 31 heavy (non-hydrogen) atoms. The third-order valence-electron chi connectivity index (χ3n) is 6.27. The highest BCUT2D eigenvalue weighted by molar-refractivity contribution is 5.78. The first kappa shape index (κ1) is 21.3. The largest absolute Gasteiger partial charge is 0.384 e. The molecule has 162 valence electrons. The van der Waals surface area contributed by atoms with E-state index in [1.54, 1.807) is 19.5 Å². The van der Waals surface area contributed by atoms with Gasteiger partial charge in [0.1, 0.15) is 11.9 Å². The van der Waals surface area contributed by atoms with Crippen LogP contribution in [-0.4, -0.2) is 60.2 Å². The number of pyridine rings is 2. The van der Waals surface area contributed by atoms with Crippen molar-refractivity contribution < 1.29 is 9.53 Å². The highest BCUT2D eigenvalue weighted by Crippen LogP contribution is 2.46. The maximum atomic E-state index is 12.5. The minimum absolute atomic E-state index is 0.0519. The average Bonchev–Trinajstić information content (AvgIpc) is 3.62. The predicted molar refractivity (Wildman–Crippen MR) is 119 cm³/mol. The van der Waals surface area contributed by atoms with Crippen molar-refractivity contribution in [3.8, 4) is 17.2 Å². The van der Waals surface area contributed by atoms with Crippen LogP contribution in [0.3, 0.4) is 0 Å². The number of carbonyl (C=O) groups is 1. The van der Waals surface area contributed by atoms with Gasteiger partial charge in [-0.3, -0.25) is 9.78 Å². The average molecular weight is 420 g/mol. The van der Waals surface area contributed by atoms with Gasteiger partial charge in [0.05, 0.1) is 24.3 Å². The molecule has 1 amide bonds. The van der Waals surface area contributed by atoms with Gasteiger partial charge in [-0.1, -0.05) is 0 Å². The molecule has 7 nitrogen and oxygen atoms in total. The summed E-state index contributed by atoms with van der Waals surface area (Å²) in [5.41, 5.74) is 4.83. The van der Waals surface area contributed by atoms with E-state index in [0.717, 1.165) is 41.0 Å². The first-order valence-electron chi connectivity index (χ1n) is 10.9. The van der Waals surface area contributed by atoms with Crippen LogP contribution in [0, 0.1) is 18.3 Å². The van der Waals surface area contributed by atoms with E-state index >= 15 is 0 Å². The number of hydrogen-bond acceptors (Lipinski definition) is 6. The smallest absolute Gasteiger partial charge is 0.225 e. The lowest BCUT2D eigenvalue weighted by Gasteiger charge is -2.41. The van der Waals surface area contributed by atoms with Crippen LogP contribution in [0.2, 0.25) is 0 Å². The first-order chi connectivity index (χ1) is 15.0. The number of piperazine rings is 1. The van der Waals surface area contributed by atoms with Crippen molar-refractivity contribution >= 4 is 11.7 Å². The fraction of sp³-hybridized carbons (Fsp3) is 0.500. The van der Waals surface area contributed by atoms with Gasteiger partial charge in [-0.05, 0) is 49.9 Å². The Morgan fingerprint density at radius 3 is 2.65 bits per heavy atom. The third-order valence-corrected chi connectivity index (χ3v) is 6.27. The highest BCUT2D eigenvalue weighted by atomic mass is 16.5. The molecule has 2 fully saturated rings. The van der Waals surface area contributed by atoms with E-state index in [9.17, 15) is 10.1 Å². The summed E-state index contributed by atoms with van der Waals surface area (Å²) in [5, 5.41) is 10.0. The van der Waals surface area contributed by atoms with E-state index in [0.29, 0.717) is 44.1 Å². The number of hydrogen-bond donors (Lipinski definition) is 0. The van der Waals surface area contributed by atoms with Gasteiger partial charge >= 0.3 is 0 Å². The fourth-order valence-corrected chi connectivity index (χ4v) is 4.46. The minimum atomic E-state index is 0.0519. The molecule has 0 N–H and O–H groups in total. The van der Waals surface area contributed by atoms with Crippen molar-refractivity contribution in [1.82, 2.24) is 14.9 Å². The van der Waals surface area contributed by atoms with Crippen LogP contribution >= 0.6 is 0 Å². The Kier molecular flexibility index (Phi) is 6.19. The van der Waals surface area contributed by atoms with Crippen molar-refractivity contribution in [1.29, 1.82) is 5.26 Å². The summed E-state index contributed by atoms with van der Waals surface area (Å²) in [7, 11) is 1.61. The molecule has 7 heteroatoms. The molecule has 1 aliphatic carbocycles. The molecule has 0 spiro atoms. The summed E-state index contributed by atoms with van der Waals surface area (Å²) in [6.45, 7) is 6.48. The Bertz CT molecular complexity index is 997. The van der Waals surface area contributed by atoms with Gasteiger partial charge in [-0.15, -0.1) is 0 Å². The zero-order chi connectivity index (χ0) is 22.0. The van der Waals surface area contributed by atoms with Crippen LogP contribution in [-0.2, 0) is 9.53 Å². The van der Waals surface area contributed by atoms with E-state index in [4.69, 9.17) is 9.72 Å². The van der Waals surface area contributed by atoms with Crippen LogP contribution in [0.1, 0.15) is 48.9 Å². The Morgan fingerprint density at radius 1 is 1.29 bits per heavy atom. The van der Waals surface area contributed by atoms with Crippen LogP contribution < -0.4 is 4.90 Å². The normalized spacial score (nSPS) is 18.7. The maximum Gasteiger partial charge on any atom is 0.225 e. The standard InChI is InChI=1S/C24H29N5O2/c1-16-15-28(11-12-29(16)21(30)8-13-31-3)24-20(14-25)17(2)22(18-6-9-26-10-7-18)23(27-24)19-4-5-19/h6-7,9-10,16,19H,4-5,8,11-13,15H2,1-3H3. The molecule has 1 aliphatic heterocycles. The lowest BCUT2D eigenvalue weighted by atomic mass is 9.94. The quantitative estimate of drug-likeness (QED) is 0.715. The second-order valence-corrected chi connectivity index (χ2v) is 8.44. The van der Waals surface area contributed by atoms with Crippen LogP contribution in [0.15, 0.2) is 24.5 Å². The van der Waals surface area contributed by atoms with Gasteiger partial charge < -0.3 is 14.5 Å². The zero-order valence-electron chi connectivity index (χ0n) is 18.5. The first-order valence-corrected chi connectivity index (χ1v) is 10.9. The molecular weight excluding hydrogens is 390 g/mol. The van der Waals surface area contributed by atoms with Crippen LogP contribution in [0.4, 0.5) is 5.82 Å². The lowest BCUT2D eigenvalue weighted by Crippen LogP contribution is -2.54. The summed E-state index contributed by atoms with van der Waals surface area (Å²) in [5.74, 6) is 1.32. The number of ether oxygens (including phenoxy) is 1. The number of nitriles is 1. The topological polar surface area (TPSA) is 82.3 Å². The minimum Gasteiger partial charge on any atom is -0.384 e. The van der Waals surface area contributed by atoms with E-state index in [-0.39, 0.29) is 11.9 Å². The fourth-order valence-electron chi connectivity index (χ4n) is 4.46. The molecule has 2 aliphatic rings. The molecule has 1 saturated carbocycles. The number of amides is 1. The number of rotatable bonds is 6. The Balaban J connectivity index is 1.67. The Labute approximate surface area is 183 Å². The summed E-state index contributed by atoms with van der Waals surface area (Å²) in [6, 6.07) is 6.45. The number of aromatic nitrogens is 2. The van der Waals surface area contributed by atoms with E-state index < -0.39 is 0 Å². The van der Waals surface area contributed by atoms with Gasteiger partial charge in [0.2, 0.25) is 5.91 Å². The SMILES string of the molecule is COCCC(=O)N1CCN(c2nc(C3CC3)c(-c3ccncc3)c(C)c2C#N)CC1C. The summed E-state index contributed by atoms with van der Waals surface area (Å²) >= 11 is 0. The third kappa shape index (κ3) is 4.26. The van der Waals surface area contributed by atoms with Gasteiger partial charge in [0, 0.05) is 56.7 Å². The highest BCUT2D eigenvalue weighted by Gasteiger charge is 2.34. The number of anilines is 1. The Hall–Kier alpha value is -2.98. The van der Waals surface area contributed by atoms with Crippen LogP contribution in [0.25, 0.3) is 11.1 Å². The molecule has 0 radical (unpaired) electrons. The van der Waals surface area contributed by atoms with Gasteiger partial charge in [-0.2, -0.15) is 5.26 Å². The second-order valence-electron chi connectivity index (χ2n) is 8.44. The van der Waals surface area contributed by atoms with Gasteiger partial charge in [0.15, 0.2) is 0 Å². The van der Waals surface area contributed by atoms with Crippen molar-refractivity contribution in [3.05, 3.63) is 41.3 Å². The molecule has 3 heterocycles. The summed E-state index contributed by atoms with van der Waals surface area (Å²) in [4.78, 5) is 25.8. The molecular formula is C24H29N5O2. The molecule has 1 atom stereocenters. The Morgan fingerprint density at radius 2 is 2.03 bits per heavy atom. The van der Waals surface area contributed by atoms with Crippen molar-refractivity contribution in [2.75, 3.05) is 38.3 Å². The molecule has 4 rings (SSSR count). The lowest BCUT2D eigenvalue weighted by molar-refractivity contribution is -0.134. The number of carbonyl (C=O) groups excluding carboxylic acids is 1. The monoisotopic (exact) mass is 419 g/mol. The number of nitrogens with zero attached hydrogens (tertiary/aromatic N) is 5. The second kappa shape index (κ2) is 9.03.